The van der Waals surface area contributed by atoms with Crippen LogP contribution in [-0.4, -0.2) is 55.2 Å². The van der Waals surface area contributed by atoms with Crippen molar-refractivity contribution < 1.29 is 4.74 Å². The van der Waals surface area contributed by atoms with E-state index >= 15 is 0 Å². The lowest BCUT2D eigenvalue weighted by atomic mass is 9.96. The number of hydrogen-bond donors (Lipinski definition) is 1. The highest BCUT2D eigenvalue weighted by molar-refractivity contribution is 5.47. The lowest BCUT2D eigenvalue weighted by Crippen LogP contribution is -2.37. The van der Waals surface area contributed by atoms with Crippen LogP contribution in [0.5, 0.6) is 0 Å². The van der Waals surface area contributed by atoms with Gasteiger partial charge >= 0.3 is 0 Å². The minimum atomic E-state index is 0.422. The first-order chi connectivity index (χ1) is 10.1. The largest absolute Gasteiger partial charge is 0.384 e. The molecular weight excluding hydrogens is 266 g/mol. The highest BCUT2D eigenvalue weighted by Gasteiger charge is 2.21. The van der Waals surface area contributed by atoms with Gasteiger partial charge in [-0.1, -0.05) is 0 Å². The summed E-state index contributed by atoms with van der Waals surface area (Å²) >= 11 is 0. The van der Waals surface area contributed by atoms with Crippen molar-refractivity contribution in [2.24, 2.45) is 5.92 Å². The fourth-order valence-corrected chi connectivity index (χ4v) is 2.78. The van der Waals surface area contributed by atoms with Crippen molar-refractivity contribution in [3.05, 3.63) is 11.9 Å². The second kappa shape index (κ2) is 7.56. The average Bonchev–Trinajstić information content (AvgIpc) is 2.44. The highest BCUT2D eigenvalue weighted by atomic mass is 16.5. The first-order valence-electron chi connectivity index (χ1n) is 7.69. The normalized spacial score (nSPS) is 16.7. The van der Waals surface area contributed by atoms with Gasteiger partial charge in [0, 0.05) is 32.3 Å². The minimum Gasteiger partial charge on any atom is -0.384 e. The van der Waals surface area contributed by atoms with Gasteiger partial charge < -0.3 is 20.3 Å². The summed E-state index contributed by atoms with van der Waals surface area (Å²) in [6.45, 7) is 6.26. The van der Waals surface area contributed by atoms with Crippen LogP contribution in [0.3, 0.4) is 0 Å². The molecule has 0 atom stereocenters. The number of nitrogens with two attached hydrogens (primary N) is 1. The molecule has 0 aromatic carbocycles. The number of nitrogens with zero attached hydrogens (tertiary/aromatic N) is 4. The van der Waals surface area contributed by atoms with Crippen molar-refractivity contribution in [2.45, 2.75) is 26.4 Å². The fourth-order valence-electron chi connectivity index (χ4n) is 2.78. The molecule has 21 heavy (non-hydrogen) atoms. The summed E-state index contributed by atoms with van der Waals surface area (Å²) in [5, 5.41) is 0. The second-order valence-corrected chi connectivity index (χ2v) is 5.90. The zero-order chi connectivity index (χ0) is 15.2. The maximum atomic E-state index is 5.89. The summed E-state index contributed by atoms with van der Waals surface area (Å²) in [6, 6.07) is 1.86. The van der Waals surface area contributed by atoms with E-state index in [1.54, 1.807) is 0 Å². The molecule has 0 bridgehead atoms. The molecule has 2 N–H and O–H groups in total. The third kappa shape index (κ3) is 4.82. The van der Waals surface area contributed by atoms with Crippen molar-refractivity contribution in [1.82, 2.24) is 14.9 Å². The van der Waals surface area contributed by atoms with Gasteiger partial charge in [-0.2, -0.15) is 0 Å². The molecule has 1 aliphatic heterocycles. The van der Waals surface area contributed by atoms with Gasteiger partial charge in [-0.05, 0) is 39.8 Å². The van der Waals surface area contributed by atoms with E-state index in [9.17, 15) is 0 Å². The Morgan fingerprint density at radius 1 is 1.33 bits per heavy atom. The third-order valence-corrected chi connectivity index (χ3v) is 3.78. The topological polar surface area (TPSA) is 67.5 Å². The number of rotatable bonds is 6. The first-order valence-corrected chi connectivity index (χ1v) is 7.69. The monoisotopic (exact) mass is 293 g/mol. The molecular formula is C15H27N5O. The molecule has 1 saturated heterocycles. The second-order valence-electron chi connectivity index (χ2n) is 5.90. The Morgan fingerprint density at radius 3 is 2.67 bits per heavy atom. The lowest BCUT2D eigenvalue weighted by molar-refractivity contribution is 0.128. The smallest absolute Gasteiger partial charge is 0.158 e. The molecule has 2 rings (SSSR count). The van der Waals surface area contributed by atoms with E-state index in [-0.39, 0.29) is 0 Å². The van der Waals surface area contributed by atoms with Crippen molar-refractivity contribution >= 4 is 11.6 Å². The van der Waals surface area contributed by atoms with Gasteiger partial charge in [-0.15, -0.1) is 0 Å². The molecule has 0 spiro atoms. The molecule has 0 saturated carbocycles. The molecule has 2 heterocycles. The lowest BCUT2D eigenvalue weighted by Gasteiger charge is -2.34. The Hall–Kier alpha value is -1.40. The van der Waals surface area contributed by atoms with Crippen molar-refractivity contribution in [3.8, 4) is 0 Å². The zero-order valence-corrected chi connectivity index (χ0v) is 13.4. The molecule has 1 aromatic heterocycles. The van der Waals surface area contributed by atoms with Crippen LogP contribution in [-0.2, 0) is 11.3 Å². The van der Waals surface area contributed by atoms with Crippen LogP contribution >= 0.6 is 0 Å². The Bertz CT molecular complexity index is 444. The quantitative estimate of drug-likeness (QED) is 0.854. The number of ether oxygens (including phenoxy) is 1. The van der Waals surface area contributed by atoms with Crippen molar-refractivity contribution in [2.75, 3.05) is 51.0 Å². The summed E-state index contributed by atoms with van der Waals surface area (Å²) in [5.74, 6) is 2.89. The maximum absolute atomic E-state index is 5.89. The van der Waals surface area contributed by atoms with Gasteiger partial charge in [0.2, 0.25) is 0 Å². The number of aromatic nitrogens is 2. The zero-order valence-electron chi connectivity index (χ0n) is 13.4. The Balaban J connectivity index is 1.97. The van der Waals surface area contributed by atoms with Crippen LogP contribution in [0.2, 0.25) is 0 Å². The number of hydrogen-bond acceptors (Lipinski definition) is 6. The molecule has 0 amide bonds. The van der Waals surface area contributed by atoms with E-state index in [1.165, 1.54) is 12.8 Å². The molecule has 0 radical (unpaired) electrons. The number of piperidine rings is 1. The van der Waals surface area contributed by atoms with Gasteiger partial charge in [0.15, 0.2) is 5.82 Å². The van der Waals surface area contributed by atoms with Gasteiger partial charge in [-0.3, -0.25) is 0 Å². The van der Waals surface area contributed by atoms with Crippen LogP contribution in [0.4, 0.5) is 11.6 Å². The van der Waals surface area contributed by atoms with Gasteiger partial charge in [0.05, 0.1) is 0 Å². The summed E-state index contributed by atoms with van der Waals surface area (Å²) < 4.78 is 5.37. The van der Waals surface area contributed by atoms with E-state index in [2.05, 4.69) is 33.9 Å². The van der Waals surface area contributed by atoms with E-state index < -0.39 is 0 Å². The minimum absolute atomic E-state index is 0.422. The van der Waals surface area contributed by atoms with Crippen molar-refractivity contribution in [1.29, 1.82) is 0 Å². The van der Waals surface area contributed by atoms with E-state index in [1.807, 2.05) is 13.0 Å². The molecule has 1 fully saturated rings. The molecule has 6 heteroatoms. The predicted octanol–water partition coefficient (Wildman–Crippen LogP) is 1.37. The predicted molar refractivity (Wildman–Crippen MR) is 85.3 cm³/mol. The fraction of sp³-hybridized carbons (Fsp3) is 0.733. The van der Waals surface area contributed by atoms with Crippen molar-refractivity contribution in [3.63, 3.8) is 0 Å². The van der Waals surface area contributed by atoms with Gasteiger partial charge in [-0.25, -0.2) is 9.97 Å². The maximum Gasteiger partial charge on any atom is 0.158 e. The first kappa shape index (κ1) is 16.0. The van der Waals surface area contributed by atoms with Crippen LogP contribution in [0, 0.1) is 5.92 Å². The van der Waals surface area contributed by atoms with Crippen LogP contribution in [0.25, 0.3) is 0 Å². The van der Waals surface area contributed by atoms with E-state index in [0.717, 1.165) is 31.4 Å². The average molecular weight is 293 g/mol. The standard InChI is InChI=1S/C15H27N5O/c1-4-21-11-14-17-13(16)9-15(18-14)20-7-5-12(6-8-20)10-19(2)3/h9,12H,4-8,10-11H2,1-3H3,(H2,16,17,18). The number of nitrogen functional groups attached to an aromatic ring is 1. The van der Waals surface area contributed by atoms with E-state index in [4.69, 9.17) is 10.5 Å². The summed E-state index contributed by atoms with van der Waals surface area (Å²) in [6.07, 6.45) is 2.39. The summed E-state index contributed by atoms with van der Waals surface area (Å²) in [5.41, 5.74) is 5.89. The third-order valence-electron chi connectivity index (χ3n) is 3.78. The van der Waals surface area contributed by atoms with E-state index in [0.29, 0.717) is 24.9 Å². The number of anilines is 2. The molecule has 0 unspecified atom stereocenters. The summed E-state index contributed by atoms with van der Waals surface area (Å²) in [7, 11) is 4.27. The molecule has 0 aliphatic carbocycles. The Labute approximate surface area is 127 Å². The molecule has 118 valence electrons. The van der Waals surface area contributed by atoms with Crippen LogP contribution < -0.4 is 10.6 Å². The molecule has 1 aliphatic rings. The van der Waals surface area contributed by atoms with Crippen LogP contribution in [0.1, 0.15) is 25.6 Å². The Kier molecular flexibility index (Phi) is 5.76. The SMILES string of the molecule is CCOCc1nc(N)cc(N2CCC(CN(C)C)CC2)n1. The Morgan fingerprint density at radius 2 is 2.05 bits per heavy atom. The van der Waals surface area contributed by atoms with Gasteiger partial charge in [0.25, 0.3) is 0 Å². The molecule has 1 aromatic rings. The van der Waals surface area contributed by atoms with Gasteiger partial charge in [0.1, 0.15) is 18.2 Å². The molecule has 6 nitrogen and oxygen atoms in total. The van der Waals surface area contributed by atoms with Crippen LogP contribution in [0.15, 0.2) is 6.07 Å². The summed E-state index contributed by atoms with van der Waals surface area (Å²) in [4.78, 5) is 13.4. The highest BCUT2D eigenvalue weighted by Crippen LogP contribution is 2.23.